The van der Waals surface area contributed by atoms with Gasteiger partial charge in [0, 0.05) is 23.5 Å². The third-order valence-electron chi connectivity index (χ3n) is 4.41. The first-order valence-electron chi connectivity index (χ1n) is 8.84. The summed E-state index contributed by atoms with van der Waals surface area (Å²) in [6, 6.07) is 10.4. The summed E-state index contributed by atoms with van der Waals surface area (Å²) in [6.07, 6.45) is 5.23. The Kier molecular flexibility index (Phi) is 4.50. The number of hydrogen-bond acceptors (Lipinski definition) is 5. The van der Waals surface area contributed by atoms with Crippen LogP contribution in [-0.2, 0) is 13.0 Å². The van der Waals surface area contributed by atoms with E-state index in [1.807, 2.05) is 12.1 Å². The molecule has 6 nitrogen and oxygen atoms in total. The standard InChI is InChI=1S/C20H19FN6/c1-2-6-13-11-24-19(25-18(13)22)17-15-8-5-10-23-20(15)27(26-17)12-14-7-3-4-9-16(14)21/h3-5,7-11H,2,6,12H2,1H3,(H2,22,24,25). The maximum absolute atomic E-state index is 14.1. The van der Waals surface area contributed by atoms with Crippen molar-refractivity contribution >= 4 is 16.9 Å². The summed E-state index contributed by atoms with van der Waals surface area (Å²) in [7, 11) is 0. The van der Waals surface area contributed by atoms with E-state index in [0.29, 0.717) is 28.5 Å². The zero-order chi connectivity index (χ0) is 18.8. The van der Waals surface area contributed by atoms with Crippen LogP contribution in [0.4, 0.5) is 10.2 Å². The predicted octanol–water partition coefficient (Wildman–Crippen LogP) is 3.61. The fraction of sp³-hybridized carbons (Fsp3) is 0.200. The molecule has 0 aliphatic rings. The molecule has 0 spiro atoms. The van der Waals surface area contributed by atoms with Gasteiger partial charge in [-0.2, -0.15) is 5.10 Å². The quantitative estimate of drug-likeness (QED) is 0.586. The summed E-state index contributed by atoms with van der Waals surface area (Å²) in [6.45, 7) is 2.35. The van der Waals surface area contributed by atoms with Crippen LogP contribution in [0.1, 0.15) is 24.5 Å². The summed E-state index contributed by atoms with van der Waals surface area (Å²) in [5, 5.41) is 5.42. The molecule has 0 saturated heterocycles. The molecule has 27 heavy (non-hydrogen) atoms. The van der Waals surface area contributed by atoms with E-state index in [0.717, 1.165) is 23.8 Å². The molecule has 0 bridgehead atoms. The highest BCUT2D eigenvalue weighted by Crippen LogP contribution is 2.26. The van der Waals surface area contributed by atoms with Crippen molar-refractivity contribution in [3.05, 3.63) is 65.7 Å². The van der Waals surface area contributed by atoms with E-state index < -0.39 is 0 Å². The number of nitrogen functional groups attached to an aromatic ring is 1. The van der Waals surface area contributed by atoms with Gasteiger partial charge in [-0.1, -0.05) is 31.5 Å². The summed E-state index contributed by atoms with van der Waals surface area (Å²) in [5.74, 6) is 0.628. The molecule has 3 aromatic heterocycles. The number of halogens is 1. The lowest BCUT2D eigenvalue weighted by atomic mass is 10.2. The second-order valence-corrected chi connectivity index (χ2v) is 6.33. The molecule has 0 aliphatic heterocycles. The molecule has 0 fully saturated rings. The summed E-state index contributed by atoms with van der Waals surface area (Å²) in [5.41, 5.74) is 8.79. The number of aryl methyl sites for hydroxylation is 1. The maximum Gasteiger partial charge on any atom is 0.182 e. The number of anilines is 1. The second-order valence-electron chi connectivity index (χ2n) is 6.33. The highest BCUT2D eigenvalue weighted by Gasteiger charge is 2.17. The summed E-state index contributed by atoms with van der Waals surface area (Å²) < 4.78 is 15.7. The van der Waals surface area contributed by atoms with Gasteiger partial charge < -0.3 is 5.73 Å². The van der Waals surface area contributed by atoms with Gasteiger partial charge in [-0.25, -0.2) is 24.0 Å². The van der Waals surface area contributed by atoms with Crippen molar-refractivity contribution in [1.82, 2.24) is 24.7 Å². The van der Waals surface area contributed by atoms with E-state index in [1.54, 1.807) is 35.3 Å². The van der Waals surface area contributed by atoms with Gasteiger partial charge in [-0.3, -0.25) is 0 Å². The van der Waals surface area contributed by atoms with Crippen LogP contribution in [0, 0.1) is 5.82 Å². The summed E-state index contributed by atoms with van der Waals surface area (Å²) in [4.78, 5) is 13.3. The lowest BCUT2D eigenvalue weighted by molar-refractivity contribution is 0.589. The van der Waals surface area contributed by atoms with E-state index in [9.17, 15) is 4.39 Å². The van der Waals surface area contributed by atoms with E-state index in [-0.39, 0.29) is 12.4 Å². The molecular formula is C20H19FN6. The van der Waals surface area contributed by atoms with Gasteiger partial charge >= 0.3 is 0 Å². The maximum atomic E-state index is 14.1. The molecule has 7 heteroatoms. The molecule has 2 N–H and O–H groups in total. The van der Waals surface area contributed by atoms with Gasteiger partial charge in [0.2, 0.25) is 0 Å². The molecule has 3 heterocycles. The monoisotopic (exact) mass is 362 g/mol. The van der Waals surface area contributed by atoms with Gasteiger partial charge in [0.1, 0.15) is 17.3 Å². The zero-order valence-corrected chi connectivity index (χ0v) is 14.9. The molecule has 0 unspecified atom stereocenters. The van der Waals surface area contributed by atoms with Gasteiger partial charge in [-0.05, 0) is 24.6 Å². The average Bonchev–Trinajstić information content (AvgIpc) is 3.04. The second kappa shape index (κ2) is 7.11. The normalized spacial score (nSPS) is 11.2. The number of hydrogen-bond donors (Lipinski definition) is 1. The minimum Gasteiger partial charge on any atom is -0.383 e. The van der Waals surface area contributed by atoms with Crippen molar-refractivity contribution in [2.75, 3.05) is 5.73 Å². The van der Waals surface area contributed by atoms with E-state index in [2.05, 4.69) is 27.0 Å². The lowest BCUT2D eigenvalue weighted by Gasteiger charge is -2.05. The first kappa shape index (κ1) is 17.1. The Labute approximate surface area is 155 Å². The fourth-order valence-electron chi connectivity index (χ4n) is 3.07. The Balaban J connectivity index is 1.81. The van der Waals surface area contributed by atoms with Crippen LogP contribution in [0.2, 0.25) is 0 Å². The van der Waals surface area contributed by atoms with Crippen LogP contribution in [0.25, 0.3) is 22.6 Å². The number of aromatic nitrogens is 5. The van der Waals surface area contributed by atoms with Crippen molar-refractivity contribution in [2.45, 2.75) is 26.3 Å². The smallest absolute Gasteiger partial charge is 0.182 e. The Morgan fingerprint density at radius 1 is 1.07 bits per heavy atom. The van der Waals surface area contributed by atoms with Gasteiger partial charge in [0.05, 0.1) is 11.9 Å². The van der Waals surface area contributed by atoms with Gasteiger partial charge in [0.15, 0.2) is 11.5 Å². The minimum atomic E-state index is -0.275. The third-order valence-corrected chi connectivity index (χ3v) is 4.41. The molecule has 0 saturated carbocycles. The Hall–Kier alpha value is -3.35. The number of fused-ring (bicyclic) bond motifs is 1. The Morgan fingerprint density at radius 2 is 1.93 bits per heavy atom. The third kappa shape index (κ3) is 3.23. The SMILES string of the molecule is CCCc1cnc(-c2nn(Cc3ccccc3F)c3ncccc23)nc1N. The molecule has 0 aliphatic carbocycles. The van der Waals surface area contributed by atoms with Crippen LogP contribution in [-0.4, -0.2) is 24.7 Å². The number of rotatable bonds is 5. The molecule has 1 aromatic carbocycles. The van der Waals surface area contributed by atoms with Crippen LogP contribution >= 0.6 is 0 Å². The Morgan fingerprint density at radius 3 is 2.70 bits per heavy atom. The number of nitrogens with zero attached hydrogens (tertiary/aromatic N) is 5. The molecule has 0 radical (unpaired) electrons. The molecule has 0 amide bonds. The minimum absolute atomic E-state index is 0.267. The molecule has 4 aromatic rings. The fourth-order valence-corrected chi connectivity index (χ4v) is 3.07. The predicted molar refractivity (Wildman–Crippen MR) is 102 cm³/mol. The van der Waals surface area contributed by atoms with Crippen molar-refractivity contribution < 1.29 is 4.39 Å². The van der Waals surface area contributed by atoms with Crippen LogP contribution in [0.3, 0.4) is 0 Å². The molecule has 136 valence electrons. The topological polar surface area (TPSA) is 82.5 Å². The van der Waals surface area contributed by atoms with E-state index in [4.69, 9.17) is 5.73 Å². The van der Waals surface area contributed by atoms with E-state index >= 15 is 0 Å². The Bertz CT molecular complexity index is 1100. The van der Waals surface area contributed by atoms with Crippen molar-refractivity contribution in [1.29, 1.82) is 0 Å². The summed E-state index contributed by atoms with van der Waals surface area (Å²) >= 11 is 0. The number of benzene rings is 1. The van der Waals surface area contributed by atoms with Crippen molar-refractivity contribution in [3.8, 4) is 11.5 Å². The van der Waals surface area contributed by atoms with Crippen molar-refractivity contribution in [2.24, 2.45) is 0 Å². The van der Waals surface area contributed by atoms with Crippen LogP contribution < -0.4 is 5.73 Å². The largest absolute Gasteiger partial charge is 0.383 e. The van der Waals surface area contributed by atoms with Gasteiger partial charge in [0.25, 0.3) is 0 Å². The first-order valence-corrected chi connectivity index (χ1v) is 8.84. The van der Waals surface area contributed by atoms with Crippen LogP contribution in [0.15, 0.2) is 48.8 Å². The number of nitrogens with two attached hydrogens (primary N) is 1. The molecular weight excluding hydrogens is 343 g/mol. The highest BCUT2D eigenvalue weighted by atomic mass is 19.1. The lowest BCUT2D eigenvalue weighted by Crippen LogP contribution is -2.05. The highest BCUT2D eigenvalue weighted by molar-refractivity contribution is 5.89. The molecule has 0 atom stereocenters. The van der Waals surface area contributed by atoms with E-state index in [1.165, 1.54) is 6.07 Å². The number of pyridine rings is 1. The zero-order valence-electron chi connectivity index (χ0n) is 14.9. The first-order chi connectivity index (χ1) is 13.2. The molecule has 4 rings (SSSR count). The van der Waals surface area contributed by atoms with Gasteiger partial charge in [-0.15, -0.1) is 0 Å². The average molecular weight is 362 g/mol. The van der Waals surface area contributed by atoms with Crippen LogP contribution in [0.5, 0.6) is 0 Å². The van der Waals surface area contributed by atoms with Crippen molar-refractivity contribution in [3.63, 3.8) is 0 Å².